The average Bonchev–Trinajstić information content (AvgIpc) is 2.11. The quantitative estimate of drug-likeness (QED) is 0.745. The van der Waals surface area contributed by atoms with Crippen LogP contribution in [0.15, 0.2) is 12.1 Å². The van der Waals surface area contributed by atoms with Crippen molar-refractivity contribution < 1.29 is 4.84 Å². The number of rotatable bonds is 3. The van der Waals surface area contributed by atoms with Gasteiger partial charge in [0, 0.05) is 25.3 Å². The van der Waals surface area contributed by atoms with Crippen molar-refractivity contribution in [3.8, 4) is 0 Å². The topological polar surface area (TPSA) is 38.5 Å². The van der Waals surface area contributed by atoms with Gasteiger partial charge in [-0.3, -0.25) is 4.84 Å². The highest BCUT2D eigenvalue weighted by Crippen LogP contribution is 2.23. The van der Waals surface area contributed by atoms with E-state index >= 15 is 0 Å². The van der Waals surface area contributed by atoms with Crippen LogP contribution in [0.1, 0.15) is 16.7 Å². The first kappa shape index (κ1) is 11.0. The molecule has 3 nitrogen and oxygen atoms in total. The predicted molar refractivity (Wildman–Crippen MR) is 59.2 cm³/mol. The zero-order valence-corrected chi connectivity index (χ0v) is 9.29. The molecule has 0 amide bonds. The van der Waals surface area contributed by atoms with Gasteiger partial charge in [0.05, 0.1) is 6.61 Å². The molecule has 0 aliphatic rings. The van der Waals surface area contributed by atoms with Gasteiger partial charge in [-0.05, 0) is 31.0 Å². The van der Waals surface area contributed by atoms with Crippen molar-refractivity contribution in [1.82, 2.24) is 0 Å². The molecule has 0 atom stereocenters. The summed E-state index contributed by atoms with van der Waals surface area (Å²) in [6.07, 6.45) is 0. The minimum Gasteiger partial charge on any atom is -0.377 e. The lowest BCUT2D eigenvalue weighted by Crippen LogP contribution is -2.13. The number of hydrogen-bond acceptors (Lipinski definition) is 3. The van der Waals surface area contributed by atoms with E-state index < -0.39 is 0 Å². The van der Waals surface area contributed by atoms with Crippen LogP contribution in [0.2, 0.25) is 0 Å². The largest absolute Gasteiger partial charge is 0.377 e. The Labute approximate surface area is 85.4 Å². The third kappa shape index (κ3) is 2.25. The first-order chi connectivity index (χ1) is 6.56. The third-order valence-corrected chi connectivity index (χ3v) is 2.42. The normalized spacial score (nSPS) is 10.4. The molecule has 1 rings (SSSR count). The zero-order valence-electron chi connectivity index (χ0n) is 9.29. The maximum absolute atomic E-state index is 5.10. The first-order valence-corrected chi connectivity index (χ1v) is 4.65. The number of hydrogen-bond donors (Lipinski definition) is 1. The Hall–Kier alpha value is -1.06. The van der Waals surface area contributed by atoms with Gasteiger partial charge in [-0.1, -0.05) is 6.07 Å². The smallest absolute Gasteiger partial charge is 0.0950 e. The minimum atomic E-state index is 0.453. The van der Waals surface area contributed by atoms with Gasteiger partial charge in [-0.25, -0.2) is 5.90 Å². The van der Waals surface area contributed by atoms with Gasteiger partial charge in [-0.15, -0.1) is 0 Å². The minimum absolute atomic E-state index is 0.453. The summed E-state index contributed by atoms with van der Waals surface area (Å²) in [4.78, 5) is 6.76. The molecule has 0 fully saturated rings. The summed E-state index contributed by atoms with van der Waals surface area (Å²) < 4.78 is 0. The summed E-state index contributed by atoms with van der Waals surface area (Å²) in [5.41, 5.74) is 4.84. The highest BCUT2D eigenvalue weighted by atomic mass is 16.6. The van der Waals surface area contributed by atoms with Gasteiger partial charge in [0.25, 0.3) is 0 Å². The van der Waals surface area contributed by atoms with Gasteiger partial charge in [0.2, 0.25) is 0 Å². The van der Waals surface area contributed by atoms with E-state index in [0.29, 0.717) is 6.61 Å². The van der Waals surface area contributed by atoms with Crippen molar-refractivity contribution in [2.75, 3.05) is 19.0 Å². The fourth-order valence-corrected chi connectivity index (χ4v) is 1.48. The van der Waals surface area contributed by atoms with E-state index in [9.17, 15) is 0 Å². The number of nitrogens with two attached hydrogens (primary N) is 1. The summed E-state index contributed by atoms with van der Waals surface area (Å²) in [5, 5.41) is 0. The van der Waals surface area contributed by atoms with Crippen molar-refractivity contribution in [3.05, 3.63) is 28.8 Å². The molecule has 0 bridgehead atoms. The van der Waals surface area contributed by atoms with Crippen molar-refractivity contribution in [2.24, 2.45) is 5.90 Å². The highest BCUT2D eigenvalue weighted by molar-refractivity contribution is 5.56. The molecule has 0 aromatic heterocycles. The summed E-state index contributed by atoms with van der Waals surface area (Å²) in [6, 6.07) is 4.28. The second-order valence-electron chi connectivity index (χ2n) is 3.77. The van der Waals surface area contributed by atoms with Crippen LogP contribution in [-0.4, -0.2) is 14.1 Å². The van der Waals surface area contributed by atoms with Gasteiger partial charge in [-0.2, -0.15) is 0 Å². The van der Waals surface area contributed by atoms with Gasteiger partial charge >= 0.3 is 0 Å². The van der Waals surface area contributed by atoms with E-state index in [0.717, 1.165) is 5.56 Å². The summed E-state index contributed by atoms with van der Waals surface area (Å²) >= 11 is 0. The monoisotopic (exact) mass is 194 g/mol. The summed E-state index contributed by atoms with van der Waals surface area (Å²) in [7, 11) is 4.04. The SMILES string of the molecule is Cc1cc(CON)c(N(C)C)cc1C. The Morgan fingerprint density at radius 2 is 1.79 bits per heavy atom. The fourth-order valence-electron chi connectivity index (χ4n) is 1.48. The Kier molecular flexibility index (Phi) is 3.49. The molecule has 3 heteroatoms. The molecule has 0 saturated heterocycles. The lowest BCUT2D eigenvalue weighted by atomic mass is 10.0. The van der Waals surface area contributed by atoms with E-state index in [2.05, 4.69) is 35.7 Å². The van der Waals surface area contributed by atoms with Gasteiger partial charge < -0.3 is 4.90 Å². The number of aryl methyl sites for hydroxylation is 2. The molecule has 0 aliphatic heterocycles. The fraction of sp³-hybridized carbons (Fsp3) is 0.455. The van der Waals surface area contributed by atoms with Crippen molar-refractivity contribution in [1.29, 1.82) is 0 Å². The van der Waals surface area contributed by atoms with E-state index in [4.69, 9.17) is 5.90 Å². The molecule has 0 saturated carbocycles. The second-order valence-corrected chi connectivity index (χ2v) is 3.77. The van der Waals surface area contributed by atoms with Crippen LogP contribution < -0.4 is 10.8 Å². The molecule has 0 radical (unpaired) electrons. The van der Waals surface area contributed by atoms with Crippen LogP contribution in [-0.2, 0) is 11.4 Å². The van der Waals surface area contributed by atoms with E-state index in [1.165, 1.54) is 16.8 Å². The van der Waals surface area contributed by atoms with Crippen molar-refractivity contribution >= 4 is 5.69 Å². The number of benzene rings is 1. The third-order valence-electron chi connectivity index (χ3n) is 2.42. The van der Waals surface area contributed by atoms with E-state index in [-0.39, 0.29) is 0 Å². The van der Waals surface area contributed by atoms with Crippen molar-refractivity contribution in [3.63, 3.8) is 0 Å². The van der Waals surface area contributed by atoms with Crippen LogP contribution in [0.5, 0.6) is 0 Å². The lowest BCUT2D eigenvalue weighted by Gasteiger charge is -2.19. The Bertz CT molecular complexity index is 321. The van der Waals surface area contributed by atoms with Crippen LogP contribution >= 0.6 is 0 Å². The lowest BCUT2D eigenvalue weighted by molar-refractivity contribution is 0.124. The molecular formula is C11H18N2O. The van der Waals surface area contributed by atoms with Crippen LogP contribution in [0.25, 0.3) is 0 Å². The van der Waals surface area contributed by atoms with Gasteiger partial charge in [0.1, 0.15) is 0 Å². The van der Waals surface area contributed by atoms with E-state index in [1.54, 1.807) is 0 Å². The number of nitrogens with zero attached hydrogens (tertiary/aromatic N) is 1. The molecule has 78 valence electrons. The highest BCUT2D eigenvalue weighted by Gasteiger charge is 2.06. The Morgan fingerprint density at radius 1 is 1.21 bits per heavy atom. The summed E-state index contributed by atoms with van der Waals surface area (Å²) in [6.45, 7) is 4.65. The molecule has 0 spiro atoms. The van der Waals surface area contributed by atoms with Crippen LogP contribution in [0.4, 0.5) is 5.69 Å². The molecule has 14 heavy (non-hydrogen) atoms. The first-order valence-electron chi connectivity index (χ1n) is 4.65. The maximum Gasteiger partial charge on any atom is 0.0950 e. The second kappa shape index (κ2) is 4.44. The standard InChI is InChI=1S/C11H18N2O/c1-8-5-10(7-14-12)11(13(3)4)6-9(8)2/h5-6H,7,12H2,1-4H3. The zero-order chi connectivity index (χ0) is 10.7. The van der Waals surface area contributed by atoms with Crippen LogP contribution in [0.3, 0.4) is 0 Å². The van der Waals surface area contributed by atoms with E-state index in [1.807, 2.05) is 14.1 Å². The molecule has 0 heterocycles. The molecular weight excluding hydrogens is 176 g/mol. The molecule has 1 aromatic rings. The Balaban J connectivity index is 3.17. The predicted octanol–water partition coefficient (Wildman–Crippen LogP) is 1.76. The average molecular weight is 194 g/mol. The van der Waals surface area contributed by atoms with Crippen molar-refractivity contribution in [2.45, 2.75) is 20.5 Å². The molecule has 0 unspecified atom stereocenters. The Morgan fingerprint density at radius 3 is 2.29 bits per heavy atom. The maximum atomic E-state index is 5.10. The molecule has 1 aromatic carbocycles. The number of anilines is 1. The van der Waals surface area contributed by atoms with Gasteiger partial charge in [0.15, 0.2) is 0 Å². The summed E-state index contributed by atoms with van der Waals surface area (Å²) in [5.74, 6) is 5.10. The molecule has 0 aliphatic carbocycles. The molecule has 2 N–H and O–H groups in total. The van der Waals surface area contributed by atoms with Crippen LogP contribution in [0, 0.1) is 13.8 Å².